The Labute approximate surface area is 129 Å². The summed E-state index contributed by atoms with van der Waals surface area (Å²) >= 11 is 0. The molecule has 4 saturated carbocycles. The Bertz CT molecular complexity index is 676. The van der Waals surface area contributed by atoms with Crippen molar-refractivity contribution in [3.8, 4) is 0 Å². The van der Waals surface area contributed by atoms with Gasteiger partial charge in [-0.25, -0.2) is 21.9 Å². The molecule has 0 amide bonds. The second-order valence-electron chi connectivity index (χ2n) is 7.15. The molecule has 4 bridgehead atoms. The third-order valence-corrected chi connectivity index (χ3v) is 7.18. The summed E-state index contributed by atoms with van der Waals surface area (Å²) in [5.74, 6) is 0.146. The van der Waals surface area contributed by atoms with Gasteiger partial charge in [0.15, 0.2) is 11.6 Å². The molecule has 0 atom stereocenters. The average molecular weight is 327 g/mol. The Morgan fingerprint density at radius 1 is 0.909 bits per heavy atom. The quantitative estimate of drug-likeness (QED) is 0.927. The van der Waals surface area contributed by atoms with Gasteiger partial charge < -0.3 is 0 Å². The van der Waals surface area contributed by atoms with Gasteiger partial charge in [-0.1, -0.05) is 0 Å². The van der Waals surface area contributed by atoms with Crippen molar-refractivity contribution < 1.29 is 17.2 Å². The van der Waals surface area contributed by atoms with Crippen LogP contribution in [-0.4, -0.2) is 14.5 Å². The second kappa shape index (κ2) is 4.99. The first-order chi connectivity index (χ1) is 10.4. The smallest absolute Gasteiger partial charge is 0.208 e. The topological polar surface area (TPSA) is 46.2 Å². The van der Waals surface area contributed by atoms with Crippen molar-refractivity contribution in [2.24, 2.45) is 23.7 Å². The van der Waals surface area contributed by atoms with E-state index in [0.29, 0.717) is 11.8 Å². The Kier molecular flexibility index (Phi) is 3.31. The number of hydrogen-bond donors (Lipinski definition) is 1. The summed E-state index contributed by atoms with van der Waals surface area (Å²) in [5.41, 5.74) is 0. The highest BCUT2D eigenvalue weighted by Crippen LogP contribution is 2.53. The van der Waals surface area contributed by atoms with Crippen LogP contribution < -0.4 is 4.72 Å². The molecule has 0 radical (unpaired) electrons. The molecule has 4 fully saturated rings. The molecule has 0 saturated heterocycles. The van der Waals surface area contributed by atoms with Crippen molar-refractivity contribution in [1.29, 1.82) is 0 Å². The second-order valence-corrected chi connectivity index (χ2v) is 8.87. The van der Waals surface area contributed by atoms with Crippen LogP contribution in [0.4, 0.5) is 8.78 Å². The fourth-order valence-electron chi connectivity index (χ4n) is 5.01. The van der Waals surface area contributed by atoms with Crippen LogP contribution in [0.2, 0.25) is 0 Å². The minimum Gasteiger partial charge on any atom is -0.208 e. The summed E-state index contributed by atoms with van der Waals surface area (Å²) in [5, 5.41) is 0. The molecular formula is C16H19F2NO2S. The standard InChI is InChI=1S/C16H19F2NO2S/c17-14-2-1-13(8-15(14)18)22(20,21)19-16-11-4-9-3-10(6-11)7-12(16)5-9/h1-2,8-12,16,19H,3-7H2. The zero-order chi connectivity index (χ0) is 15.5. The van der Waals surface area contributed by atoms with Gasteiger partial charge in [-0.05, 0) is 74.0 Å². The van der Waals surface area contributed by atoms with Crippen molar-refractivity contribution in [3.05, 3.63) is 29.8 Å². The predicted molar refractivity (Wildman–Crippen MR) is 77.5 cm³/mol. The van der Waals surface area contributed by atoms with E-state index in [1.165, 1.54) is 6.42 Å². The number of sulfonamides is 1. The minimum atomic E-state index is -3.80. The van der Waals surface area contributed by atoms with Gasteiger partial charge in [0.2, 0.25) is 10.0 Å². The number of benzene rings is 1. The van der Waals surface area contributed by atoms with Crippen LogP contribution in [0.1, 0.15) is 32.1 Å². The number of rotatable bonds is 3. The van der Waals surface area contributed by atoms with Gasteiger partial charge in [-0.3, -0.25) is 0 Å². The summed E-state index contributed by atoms with van der Waals surface area (Å²) in [7, 11) is -3.80. The molecule has 1 aromatic carbocycles. The van der Waals surface area contributed by atoms with Gasteiger partial charge in [-0.15, -0.1) is 0 Å². The maximum absolute atomic E-state index is 13.3. The molecule has 120 valence electrons. The lowest BCUT2D eigenvalue weighted by Crippen LogP contribution is -2.55. The van der Waals surface area contributed by atoms with Crippen LogP contribution in [0.25, 0.3) is 0 Å². The lowest BCUT2D eigenvalue weighted by molar-refractivity contribution is -0.00557. The highest BCUT2D eigenvalue weighted by atomic mass is 32.2. The van der Waals surface area contributed by atoms with E-state index in [2.05, 4.69) is 4.72 Å². The van der Waals surface area contributed by atoms with E-state index >= 15 is 0 Å². The Morgan fingerprint density at radius 3 is 2.05 bits per heavy atom. The molecule has 22 heavy (non-hydrogen) atoms. The molecule has 1 aromatic rings. The van der Waals surface area contributed by atoms with Crippen molar-refractivity contribution in [3.63, 3.8) is 0 Å². The SMILES string of the molecule is O=S(=O)(NC1C2CC3CC(C2)CC1C3)c1ccc(F)c(F)c1. The van der Waals surface area contributed by atoms with E-state index in [1.54, 1.807) is 0 Å². The number of halogens is 2. The molecule has 0 aromatic heterocycles. The molecule has 0 unspecified atom stereocenters. The zero-order valence-corrected chi connectivity index (χ0v) is 13.0. The van der Waals surface area contributed by atoms with Crippen molar-refractivity contribution in [2.75, 3.05) is 0 Å². The van der Waals surface area contributed by atoms with Crippen molar-refractivity contribution >= 4 is 10.0 Å². The maximum atomic E-state index is 13.3. The summed E-state index contributed by atoms with van der Waals surface area (Å²) in [4.78, 5) is -0.194. The van der Waals surface area contributed by atoms with Crippen LogP contribution in [-0.2, 0) is 10.0 Å². The lowest BCUT2D eigenvalue weighted by atomic mass is 9.54. The van der Waals surface area contributed by atoms with Gasteiger partial charge >= 0.3 is 0 Å². The van der Waals surface area contributed by atoms with Crippen LogP contribution in [0.3, 0.4) is 0 Å². The van der Waals surface area contributed by atoms with Gasteiger partial charge in [0.1, 0.15) is 0 Å². The van der Waals surface area contributed by atoms with Gasteiger partial charge in [0.05, 0.1) is 4.90 Å². The maximum Gasteiger partial charge on any atom is 0.240 e. The molecule has 0 heterocycles. The monoisotopic (exact) mass is 327 g/mol. The largest absolute Gasteiger partial charge is 0.240 e. The van der Waals surface area contributed by atoms with E-state index < -0.39 is 21.7 Å². The van der Waals surface area contributed by atoms with Crippen LogP contribution >= 0.6 is 0 Å². The van der Waals surface area contributed by atoms with Crippen molar-refractivity contribution in [2.45, 2.75) is 43.0 Å². The molecule has 3 nitrogen and oxygen atoms in total. The van der Waals surface area contributed by atoms with E-state index in [9.17, 15) is 17.2 Å². The third kappa shape index (κ3) is 2.36. The fraction of sp³-hybridized carbons (Fsp3) is 0.625. The van der Waals surface area contributed by atoms with E-state index in [-0.39, 0.29) is 10.9 Å². The first-order valence-electron chi connectivity index (χ1n) is 7.90. The van der Waals surface area contributed by atoms with Gasteiger partial charge in [0.25, 0.3) is 0 Å². The summed E-state index contributed by atoms with van der Waals surface area (Å²) in [6.07, 6.45) is 5.68. The molecule has 1 N–H and O–H groups in total. The molecule has 0 aliphatic heterocycles. The molecule has 6 heteroatoms. The minimum absolute atomic E-state index is 0.0501. The highest BCUT2D eigenvalue weighted by Gasteiger charge is 2.49. The Balaban J connectivity index is 1.58. The number of nitrogens with one attached hydrogen (secondary N) is 1. The third-order valence-electron chi connectivity index (χ3n) is 5.72. The van der Waals surface area contributed by atoms with E-state index in [0.717, 1.165) is 55.7 Å². The first kappa shape index (κ1) is 14.6. The molecule has 5 rings (SSSR count). The van der Waals surface area contributed by atoms with Crippen molar-refractivity contribution in [1.82, 2.24) is 4.72 Å². The van der Waals surface area contributed by atoms with Gasteiger partial charge in [-0.2, -0.15) is 0 Å². The average Bonchev–Trinajstić information content (AvgIpc) is 2.45. The molecular weight excluding hydrogens is 308 g/mol. The Morgan fingerprint density at radius 2 is 1.50 bits per heavy atom. The molecule has 4 aliphatic rings. The fourth-order valence-corrected chi connectivity index (χ4v) is 6.39. The van der Waals surface area contributed by atoms with E-state index in [1.807, 2.05) is 0 Å². The lowest BCUT2D eigenvalue weighted by Gasteiger charge is -2.54. The van der Waals surface area contributed by atoms with E-state index in [4.69, 9.17) is 0 Å². The predicted octanol–water partition coefficient (Wildman–Crippen LogP) is 3.07. The van der Waals surface area contributed by atoms with Gasteiger partial charge in [0, 0.05) is 6.04 Å². The number of hydrogen-bond acceptors (Lipinski definition) is 2. The summed E-state index contributed by atoms with van der Waals surface area (Å²) < 4.78 is 54.1. The molecule has 0 spiro atoms. The summed E-state index contributed by atoms with van der Waals surface area (Å²) in [6.45, 7) is 0. The highest BCUT2D eigenvalue weighted by molar-refractivity contribution is 7.89. The molecule has 4 aliphatic carbocycles. The first-order valence-corrected chi connectivity index (χ1v) is 9.38. The zero-order valence-electron chi connectivity index (χ0n) is 12.1. The summed E-state index contributed by atoms with van der Waals surface area (Å²) in [6, 6.07) is 2.69. The Hall–Kier alpha value is -1.01. The van der Waals surface area contributed by atoms with Crippen LogP contribution in [0.5, 0.6) is 0 Å². The van der Waals surface area contributed by atoms with Crippen LogP contribution in [0.15, 0.2) is 23.1 Å². The normalized spacial score (nSPS) is 36.7. The van der Waals surface area contributed by atoms with Crippen LogP contribution in [0, 0.1) is 35.3 Å².